The molecule has 0 radical (unpaired) electrons. The number of halogens is 1. The highest BCUT2D eigenvalue weighted by molar-refractivity contribution is 6.02. The van der Waals surface area contributed by atoms with Crippen LogP contribution in [0.25, 0.3) is 0 Å². The first-order valence-corrected chi connectivity index (χ1v) is 10.8. The van der Waals surface area contributed by atoms with Gasteiger partial charge in [0.2, 0.25) is 0 Å². The lowest BCUT2D eigenvalue weighted by molar-refractivity contribution is -0.180. The van der Waals surface area contributed by atoms with Gasteiger partial charge >= 0.3 is 0 Å². The Morgan fingerprint density at radius 1 is 1.09 bits per heavy atom. The molecule has 7 nitrogen and oxygen atoms in total. The smallest absolute Gasteiger partial charge is 0.254 e. The first-order valence-electron chi connectivity index (χ1n) is 10.8. The van der Waals surface area contributed by atoms with Crippen molar-refractivity contribution in [3.63, 3.8) is 0 Å². The summed E-state index contributed by atoms with van der Waals surface area (Å²) in [6.07, 6.45) is 0.296. The molecule has 2 aromatic rings. The Labute approximate surface area is 186 Å². The molecule has 2 aliphatic rings. The standard InChI is InChI=1S/C24H27FN2O5/c1-26-24(29)18-13-16(23(28)27-9-8-20-30-10-5-11-31-20)12-17-21(15-6-3-2-4-7-15)19(14-25)32-22(17)18/h2-4,6-7,12-13,19-21H,5,8-11,14H2,1H3,(H,26,29)(H,27,28)/t19-,21+/m1/s1. The number of fused-ring (bicyclic) bond motifs is 1. The van der Waals surface area contributed by atoms with Gasteiger partial charge in [-0.05, 0) is 24.1 Å². The van der Waals surface area contributed by atoms with Gasteiger partial charge in [0.25, 0.3) is 11.8 Å². The van der Waals surface area contributed by atoms with Gasteiger partial charge in [0.05, 0.1) is 24.7 Å². The van der Waals surface area contributed by atoms with E-state index < -0.39 is 24.6 Å². The molecule has 8 heteroatoms. The fourth-order valence-electron chi connectivity index (χ4n) is 4.15. The van der Waals surface area contributed by atoms with E-state index in [1.807, 2.05) is 30.3 Å². The van der Waals surface area contributed by atoms with E-state index in [-0.39, 0.29) is 17.8 Å². The minimum absolute atomic E-state index is 0.214. The molecular formula is C24H27FN2O5. The lowest BCUT2D eigenvalue weighted by atomic mass is 9.86. The molecule has 0 unspecified atom stereocenters. The largest absolute Gasteiger partial charge is 0.486 e. The van der Waals surface area contributed by atoms with Crippen molar-refractivity contribution in [3.05, 3.63) is 64.7 Å². The van der Waals surface area contributed by atoms with Crippen molar-refractivity contribution in [2.45, 2.75) is 31.2 Å². The fourth-order valence-corrected chi connectivity index (χ4v) is 4.15. The molecule has 1 fully saturated rings. The van der Waals surface area contributed by atoms with Crippen molar-refractivity contribution in [1.82, 2.24) is 10.6 Å². The van der Waals surface area contributed by atoms with Crippen LogP contribution in [0.4, 0.5) is 4.39 Å². The normalized spacial score (nSPS) is 20.3. The lowest BCUT2D eigenvalue weighted by Gasteiger charge is -2.23. The van der Waals surface area contributed by atoms with Gasteiger partial charge < -0.3 is 24.8 Å². The second-order valence-corrected chi connectivity index (χ2v) is 7.79. The van der Waals surface area contributed by atoms with Crippen molar-refractivity contribution in [2.24, 2.45) is 0 Å². The zero-order chi connectivity index (χ0) is 22.5. The van der Waals surface area contributed by atoms with E-state index in [1.165, 1.54) is 13.1 Å². The maximum Gasteiger partial charge on any atom is 0.254 e. The number of amides is 2. The molecule has 0 saturated carbocycles. The summed E-state index contributed by atoms with van der Waals surface area (Å²) in [5, 5.41) is 5.43. The number of rotatable bonds is 7. The Kier molecular flexibility index (Phi) is 7.02. The molecule has 2 amide bonds. The van der Waals surface area contributed by atoms with Crippen LogP contribution < -0.4 is 15.4 Å². The predicted molar refractivity (Wildman–Crippen MR) is 116 cm³/mol. The molecule has 1 saturated heterocycles. The van der Waals surface area contributed by atoms with Crippen LogP contribution in [0.15, 0.2) is 42.5 Å². The summed E-state index contributed by atoms with van der Waals surface area (Å²) in [5.41, 5.74) is 2.02. The van der Waals surface area contributed by atoms with E-state index in [2.05, 4.69) is 10.6 Å². The van der Waals surface area contributed by atoms with Crippen LogP contribution >= 0.6 is 0 Å². The number of carbonyl (C=O) groups is 2. The number of nitrogens with one attached hydrogen (secondary N) is 2. The van der Waals surface area contributed by atoms with E-state index >= 15 is 0 Å². The Bertz CT molecular complexity index is 962. The van der Waals surface area contributed by atoms with Crippen LogP contribution in [0.3, 0.4) is 0 Å². The summed E-state index contributed by atoms with van der Waals surface area (Å²) in [4.78, 5) is 25.5. The Morgan fingerprint density at radius 2 is 1.84 bits per heavy atom. The molecule has 32 heavy (non-hydrogen) atoms. The van der Waals surface area contributed by atoms with Gasteiger partial charge in [-0.25, -0.2) is 4.39 Å². The highest BCUT2D eigenvalue weighted by atomic mass is 19.1. The third-order valence-electron chi connectivity index (χ3n) is 5.70. The Hall–Kier alpha value is -2.97. The molecule has 170 valence electrons. The Morgan fingerprint density at radius 3 is 2.53 bits per heavy atom. The van der Waals surface area contributed by atoms with Gasteiger partial charge in [-0.2, -0.15) is 0 Å². The van der Waals surface area contributed by atoms with Gasteiger partial charge in [0.15, 0.2) is 6.29 Å². The maximum atomic E-state index is 13.9. The van der Waals surface area contributed by atoms with E-state index in [0.717, 1.165) is 12.0 Å². The number of ether oxygens (including phenoxy) is 3. The first kappa shape index (κ1) is 22.2. The molecule has 2 atom stereocenters. The van der Waals surface area contributed by atoms with Gasteiger partial charge in [-0.3, -0.25) is 9.59 Å². The van der Waals surface area contributed by atoms with Crippen molar-refractivity contribution < 1.29 is 28.2 Å². The third kappa shape index (κ3) is 4.61. The summed E-state index contributed by atoms with van der Waals surface area (Å²) in [7, 11) is 1.50. The van der Waals surface area contributed by atoms with Gasteiger partial charge in [-0.1, -0.05) is 30.3 Å². The number of alkyl halides is 1. The summed E-state index contributed by atoms with van der Waals surface area (Å²) in [5.74, 6) is -0.826. The number of hydrogen-bond donors (Lipinski definition) is 2. The summed E-state index contributed by atoms with van der Waals surface area (Å²) >= 11 is 0. The highest BCUT2D eigenvalue weighted by Crippen LogP contribution is 2.45. The zero-order valence-corrected chi connectivity index (χ0v) is 17.9. The van der Waals surface area contributed by atoms with Crippen LogP contribution in [-0.2, 0) is 9.47 Å². The molecular weight excluding hydrogens is 415 g/mol. The van der Waals surface area contributed by atoms with Gasteiger partial charge in [0, 0.05) is 31.1 Å². The van der Waals surface area contributed by atoms with Crippen LogP contribution in [0.5, 0.6) is 5.75 Å². The third-order valence-corrected chi connectivity index (χ3v) is 5.70. The van der Waals surface area contributed by atoms with Crippen LogP contribution in [0.2, 0.25) is 0 Å². The van der Waals surface area contributed by atoms with Crippen molar-refractivity contribution >= 4 is 11.8 Å². The van der Waals surface area contributed by atoms with E-state index in [4.69, 9.17) is 14.2 Å². The molecule has 0 bridgehead atoms. The average molecular weight is 442 g/mol. The quantitative estimate of drug-likeness (QED) is 0.689. The first-order chi connectivity index (χ1) is 15.6. The summed E-state index contributed by atoms with van der Waals surface area (Å²) in [6.45, 7) is 0.941. The van der Waals surface area contributed by atoms with E-state index in [9.17, 15) is 14.0 Å². The van der Waals surface area contributed by atoms with E-state index in [1.54, 1.807) is 6.07 Å². The van der Waals surface area contributed by atoms with Gasteiger partial charge in [-0.15, -0.1) is 0 Å². The van der Waals surface area contributed by atoms with Crippen molar-refractivity contribution in [3.8, 4) is 5.75 Å². The molecule has 4 rings (SSSR count). The van der Waals surface area contributed by atoms with Crippen LogP contribution in [0, 0.1) is 0 Å². The van der Waals surface area contributed by atoms with Crippen LogP contribution in [0.1, 0.15) is 50.6 Å². The maximum absolute atomic E-state index is 13.9. The average Bonchev–Trinajstić information content (AvgIpc) is 3.22. The minimum atomic E-state index is -0.769. The lowest BCUT2D eigenvalue weighted by Crippen LogP contribution is -2.32. The number of carbonyl (C=O) groups excluding carboxylic acids is 2. The second kappa shape index (κ2) is 10.1. The fraction of sp³-hybridized carbons (Fsp3) is 0.417. The Balaban J connectivity index is 1.61. The van der Waals surface area contributed by atoms with Gasteiger partial charge in [0.1, 0.15) is 18.5 Å². The topological polar surface area (TPSA) is 85.9 Å². The van der Waals surface area contributed by atoms with Crippen molar-refractivity contribution in [2.75, 3.05) is 33.5 Å². The zero-order valence-electron chi connectivity index (χ0n) is 17.9. The summed E-state index contributed by atoms with van der Waals surface area (Å²) < 4.78 is 30.8. The van der Waals surface area contributed by atoms with Crippen LogP contribution in [-0.4, -0.2) is 57.7 Å². The molecule has 2 aliphatic heterocycles. The molecule has 0 spiro atoms. The predicted octanol–water partition coefficient (Wildman–Crippen LogP) is 2.79. The monoisotopic (exact) mass is 442 g/mol. The molecule has 0 aromatic heterocycles. The second-order valence-electron chi connectivity index (χ2n) is 7.79. The van der Waals surface area contributed by atoms with E-state index in [0.29, 0.717) is 43.1 Å². The molecule has 0 aliphatic carbocycles. The summed E-state index contributed by atoms with van der Waals surface area (Å²) in [6, 6.07) is 12.6. The minimum Gasteiger partial charge on any atom is -0.486 e. The molecule has 2 aromatic carbocycles. The molecule has 2 heterocycles. The number of benzene rings is 2. The SMILES string of the molecule is CNC(=O)c1cc(C(=O)NCCC2OCCCO2)cc2c1O[C@H](CF)[C@H]2c1ccccc1. The van der Waals surface area contributed by atoms with Crippen molar-refractivity contribution in [1.29, 1.82) is 0 Å². The number of hydrogen-bond acceptors (Lipinski definition) is 5. The highest BCUT2D eigenvalue weighted by Gasteiger charge is 2.39. The molecule has 2 N–H and O–H groups in total.